The van der Waals surface area contributed by atoms with Gasteiger partial charge in [0.05, 0.1) is 17.5 Å². The van der Waals surface area contributed by atoms with Gasteiger partial charge in [0.25, 0.3) is 0 Å². The van der Waals surface area contributed by atoms with Gasteiger partial charge in [0.15, 0.2) is 0 Å². The van der Waals surface area contributed by atoms with E-state index in [-0.39, 0.29) is 6.04 Å². The van der Waals surface area contributed by atoms with Crippen LogP contribution in [0.2, 0.25) is 0 Å². The second-order valence-corrected chi connectivity index (χ2v) is 14.1. The van der Waals surface area contributed by atoms with Crippen LogP contribution in [0.1, 0.15) is 118 Å². The summed E-state index contributed by atoms with van der Waals surface area (Å²) in [6, 6.07) is 9.98. The summed E-state index contributed by atoms with van der Waals surface area (Å²) in [6.07, 6.45) is 17.1. The van der Waals surface area contributed by atoms with E-state index in [0.29, 0.717) is 6.04 Å². The zero-order chi connectivity index (χ0) is 28.5. The Balaban J connectivity index is 1.80. The molecule has 4 rings (SSSR count). The first-order chi connectivity index (χ1) is 19.4. The monoisotopic (exact) mass is 580 g/mol. The summed E-state index contributed by atoms with van der Waals surface area (Å²) in [5, 5.41) is 0. The molecule has 2 aliphatic rings. The number of aliphatic imine (C=N–C) groups is 1. The van der Waals surface area contributed by atoms with Crippen LogP contribution < -0.4 is 7.58 Å². The van der Waals surface area contributed by atoms with Gasteiger partial charge in [0.2, 0.25) is 0 Å². The molecule has 0 aromatic heterocycles. The smallest absolute Gasteiger partial charge is 0.599 e. The first-order valence-electron chi connectivity index (χ1n) is 15.9. The molecule has 0 radical (unpaired) electrons. The van der Waals surface area contributed by atoms with E-state index < -0.39 is 13.9 Å². The maximum atomic E-state index is 7.03. The molecule has 0 N–H and O–H groups in total. The first kappa shape index (κ1) is 31.4. The number of hydrogen-bond donors (Lipinski definition) is 0. The standard InChI is InChI=1S/C34H52N2O2.Al.ClH/c1-6-9-14-26-19-25(4)33(37)29(21-26)23-35-31-17-12-13-18-32(31)36(5)24-30-22-27(15-10-7-2)20-28(34(30)38)16-11-8-3;;/h19-23,31-32,37-38H,6-18,24H2,1-5H3;;1H/q;+3;/p-3/t31-,32-;;/m1../s1. The molecule has 1 aliphatic heterocycles. The molecule has 0 amide bonds. The van der Waals surface area contributed by atoms with Crippen molar-refractivity contribution in [2.45, 2.75) is 130 Å². The van der Waals surface area contributed by atoms with Crippen LogP contribution in [0.4, 0.5) is 0 Å². The van der Waals surface area contributed by atoms with E-state index in [2.05, 4.69) is 70.1 Å². The lowest BCUT2D eigenvalue weighted by molar-refractivity contribution is 0.162. The summed E-state index contributed by atoms with van der Waals surface area (Å²) in [5.41, 5.74) is 7.46. The number of benzene rings is 2. The Morgan fingerprint density at radius 3 is 2.25 bits per heavy atom. The summed E-state index contributed by atoms with van der Waals surface area (Å²) in [5.74, 6) is 1.81. The number of fused-ring (bicyclic) bond motifs is 3. The molecule has 6 heteroatoms. The van der Waals surface area contributed by atoms with Crippen molar-refractivity contribution < 1.29 is 7.58 Å². The Kier molecular flexibility index (Phi) is 12.3. The highest BCUT2D eigenvalue weighted by molar-refractivity contribution is 7.00. The number of likely N-dealkylation sites (N-methyl/N-ethyl adjacent to an activating group) is 1. The topological polar surface area (TPSA) is 34.1 Å². The van der Waals surface area contributed by atoms with E-state index in [4.69, 9.17) is 22.6 Å². The molecule has 0 unspecified atom stereocenters. The third-order valence-corrected chi connectivity index (χ3v) is 9.99. The van der Waals surface area contributed by atoms with Gasteiger partial charge in [-0.1, -0.05) is 71.1 Å². The summed E-state index contributed by atoms with van der Waals surface area (Å²) in [4.78, 5) is 7.78. The van der Waals surface area contributed by atoms with Crippen molar-refractivity contribution in [1.82, 2.24) is 4.90 Å². The average molecular weight is 581 g/mol. The number of nitrogens with zero attached hydrogens (tertiary/aromatic N) is 2. The Hall–Kier alpha value is -1.51. The molecule has 1 fully saturated rings. The number of halogens is 1. The normalized spacial score (nSPS) is 19.8. The molecular weight excluding hydrogens is 531 g/mol. The minimum atomic E-state index is -2.57. The third kappa shape index (κ3) is 8.28. The Morgan fingerprint density at radius 2 is 1.52 bits per heavy atom. The summed E-state index contributed by atoms with van der Waals surface area (Å²) < 4.78 is 13.3. The van der Waals surface area contributed by atoms with E-state index in [1.165, 1.54) is 67.2 Å². The van der Waals surface area contributed by atoms with Crippen LogP contribution in [0.15, 0.2) is 29.3 Å². The van der Waals surface area contributed by atoms with E-state index in [1.54, 1.807) is 0 Å². The molecule has 4 nitrogen and oxygen atoms in total. The van der Waals surface area contributed by atoms with E-state index in [1.807, 2.05) is 0 Å². The quantitative estimate of drug-likeness (QED) is 0.278. The van der Waals surface area contributed by atoms with Crippen LogP contribution in [0.25, 0.3) is 0 Å². The summed E-state index contributed by atoms with van der Waals surface area (Å²) >= 11 is -2.57. The maximum Gasteiger partial charge on any atom is 0.999 e. The van der Waals surface area contributed by atoms with Crippen molar-refractivity contribution in [2.24, 2.45) is 4.99 Å². The van der Waals surface area contributed by atoms with Gasteiger partial charge in [-0.15, -0.1) is 0 Å². The van der Waals surface area contributed by atoms with Gasteiger partial charge in [0, 0.05) is 29.9 Å². The highest BCUT2D eigenvalue weighted by Gasteiger charge is 2.36. The van der Waals surface area contributed by atoms with Crippen LogP contribution in [0, 0.1) is 6.92 Å². The highest BCUT2D eigenvalue weighted by atomic mass is 35.6. The zero-order valence-electron chi connectivity index (χ0n) is 25.6. The second kappa shape index (κ2) is 15.6. The molecule has 1 aliphatic carbocycles. The third-order valence-electron chi connectivity index (χ3n) is 8.61. The highest BCUT2D eigenvalue weighted by Crippen LogP contribution is 2.35. The van der Waals surface area contributed by atoms with Crippen molar-refractivity contribution in [1.29, 1.82) is 0 Å². The SMILES string of the molecule is CCCCc1cc(C)c2c(c1)C=N[C@@H]1CCCC[C@H]1N(C)Cc1cc(CCCC)cc(CCCC)c1[O][Al]([Cl])[O]2. The minimum Gasteiger partial charge on any atom is -0.599 e. The van der Waals surface area contributed by atoms with E-state index in [0.717, 1.165) is 67.7 Å². The van der Waals surface area contributed by atoms with Crippen molar-refractivity contribution in [3.8, 4) is 11.5 Å². The van der Waals surface area contributed by atoms with Gasteiger partial charge < -0.3 is 7.58 Å². The molecule has 0 spiro atoms. The van der Waals surface area contributed by atoms with Gasteiger partial charge in [0.1, 0.15) is 0 Å². The van der Waals surface area contributed by atoms with Gasteiger partial charge >= 0.3 is 13.9 Å². The minimum absolute atomic E-state index is 0.281. The first-order valence-corrected chi connectivity index (χ1v) is 18.6. The molecule has 2 aromatic rings. The van der Waals surface area contributed by atoms with E-state index >= 15 is 0 Å². The van der Waals surface area contributed by atoms with Gasteiger partial charge in [-0.3, -0.25) is 9.89 Å². The second-order valence-electron chi connectivity index (χ2n) is 12.0. The van der Waals surface area contributed by atoms with Gasteiger partial charge in [-0.2, -0.15) is 10.0 Å². The molecule has 40 heavy (non-hydrogen) atoms. The molecule has 1 saturated carbocycles. The largest absolute Gasteiger partial charge is 0.999 e. The lowest BCUT2D eigenvalue weighted by atomic mass is 9.89. The molecule has 218 valence electrons. The van der Waals surface area contributed by atoms with E-state index in [9.17, 15) is 0 Å². The van der Waals surface area contributed by atoms with Crippen LogP contribution in [0.5, 0.6) is 11.5 Å². The molecular formula is C34H50AlClN2O2. The molecule has 1 heterocycles. The fraction of sp³-hybridized carbons (Fsp3) is 0.618. The maximum absolute atomic E-state index is 7.03. The summed E-state index contributed by atoms with van der Waals surface area (Å²) in [7, 11) is 9.31. The number of unbranched alkanes of at least 4 members (excludes halogenated alkanes) is 3. The predicted octanol–water partition coefficient (Wildman–Crippen LogP) is 8.88. The van der Waals surface area contributed by atoms with Crippen molar-refractivity contribution >= 4 is 30.2 Å². The Bertz CT molecular complexity index is 1140. The lowest BCUT2D eigenvalue weighted by Gasteiger charge is -2.36. The van der Waals surface area contributed by atoms with Crippen LogP contribution in [-0.4, -0.2) is 44.1 Å². The molecule has 2 atom stereocenters. The number of rotatable bonds is 9. The average Bonchev–Trinajstić information content (AvgIpc) is 2.95. The lowest BCUT2D eigenvalue weighted by Crippen LogP contribution is -2.42. The van der Waals surface area contributed by atoms with Crippen LogP contribution >= 0.6 is 10.0 Å². The van der Waals surface area contributed by atoms with Gasteiger partial charge in [-0.05, 0) is 93.7 Å². The van der Waals surface area contributed by atoms with Gasteiger partial charge in [-0.25, -0.2) is 0 Å². The summed E-state index contributed by atoms with van der Waals surface area (Å²) in [6.45, 7) is 9.75. The molecule has 2 aromatic carbocycles. The molecule has 0 saturated heterocycles. The van der Waals surface area contributed by atoms with Crippen molar-refractivity contribution in [3.63, 3.8) is 0 Å². The van der Waals surface area contributed by atoms with Crippen LogP contribution in [0.3, 0.4) is 0 Å². The Morgan fingerprint density at radius 1 is 0.875 bits per heavy atom. The van der Waals surface area contributed by atoms with Crippen molar-refractivity contribution in [3.05, 3.63) is 57.6 Å². The van der Waals surface area contributed by atoms with Crippen LogP contribution in [-0.2, 0) is 25.8 Å². The van der Waals surface area contributed by atoms with Crippen molar-refractivity contribution in [2.75, 3.05) is 7.05 Å². The fourth-order valence-corrected chi connectivity index (χ4v) is 7.96. The number of hydrogen-bond acceptors (Lipinski definition) is 4. The zero-order valence-corrected chi connectivity index (χ0v) is 27.5. The fourth-order valence-electron chi connectivity index (χ4n) is 6.39. The predicted molar refractivity (Wildman–Crippen MR) is 171 cm³/mol. The molecule has 0 bridgehead atoms. The number of aryl methyl sites for hydroxylation is 4. The Labute approximate surface area is 252 Å².